The van der Waals surface area contributed by atoms with E-state index < -0.39 is 0 Å². The van der Waals surface area contributed by atoms with Gasteiger partial charge in [-0.05, 0) is 58.4 Å². The maximum atomic E-state index is 12.5. The first-order chi connectivity index (χ1) is 16.9. The van der Waals surface area contributed by atoms with Crippen LogP contribution in [0, 0.1) is 0 Å². The molecule has 6 nitrogen and oxygen atoms in total. The third kappa shape index (κ3) is 7.87. The summed E-state index contributed by atoms with van der Waals surface area (Å²) in [5.74, 6) is 0.582. The summed E-state index contributed by atoms with van der Waals surface area (Å²) in [6.45, 7) is 12.6. The van der Waals surface area contributed by atoms with Crippen molar-refractivity contribution in [3.05, 3.63) is 83.9 Å². The van der Waals surface area contributed by atoms with Crippen LogP contribution in [0.1, 0.15) is 52.7 Å². The second-order valence-corrected chi connectivity index (χ2v) is 10.8. The number of rotatable bonds is 8. The third-order valence-corrected chi connectivity index (χ3v) is 5.66. The van der Waals surface area contributed by atoms with E-state index in [1.54, 1.807) is 24.3 Å². The Balaban J connectivity index is 1.52. The molecule has 3 aromatic carbocycles. The van der Waals surface area contributed by atoms with Gasteiger partial charge in [-0.3, -0.25) is 9.59 Å². The third-order valence-electron chi connectivity index (χ3n) is 5.66. The van der Waals surface area contributed by atoms with Gasteiger partial charge in [-0.2, -0.15) is 0 Å². The smallest absolute Gasteiger partial charge is 0.262 e. The number of hydrogen-bond acceptors (Lipinski definition) is 4. The molecule has 0 aliphatic rings. The van der Waals surface area contributed by atoms with Gasteiger partial charge in [0.1, 0.15) is 11.5 Å². The van der Waals surface area contributed by atoms with Gasteiger partial charge < -0.3 is 20.1 Å². The zero-order valence-electron chi connectivity index (χ0n) is 22.0. The number of amides is 2. The summed E-state index contributed by atoms with van der Waals surface area (Å²) in [6, 6.07) is 22.4. The van der Waals surface area contributed by atoms with Crippen LogP contribution in [0.15, 0.2) is 72.8 Å². The van der Waals surface area contributed by atoms with Crippen LogP contribution in [0.4, 0.5) is 11.4 Å². The SMILES string of the molecule is CC(C)(C)c1ccc(OCC(=O)Nc2ccccc2NC(=O)COc2ccc(C(C)(C)C)cc2)cc1. The molecule has 3 rings (SSSR count). The largest absolute Gasteiger partial charge is 0.484 e. The van der Waals surface area contributed by atoms with Gasteiger partial charge in [0.15, 0.2) is 13.2 Å². The predicted octanol–water partition coefficient (Wildman–Crippen LogP) is 6.32. The lowest BCUT2D eigenvalue weighted by Crippen LogP contribution is -2.23. The molecule has 0 aliphatic heterocycles. The van der Waals surface area contributed by atoms with E-state index in [2.05, 4.69) is 52.2 Å². The van der Waals surface area contributed by atoms with Crippen LogP contribution >= 0.6 is 0 Å². The number of para-hydroxylation sites is 2. The van der Waals surface area contributed by atoms with E-state index in [0.717, 1.165) is 0 Å². The van der Waals surface area contributed by atoms with Crippen molar-refractivity contribution in [3.8, 4) is 11.5 Å². The fraction of sp³-hybridized carbons (Fsp3) is 0.333. The van der Waals surface area contributed by atoms with Crippen LogP contribution in [0.2, 0.25) is 0 Å². The Bertz CT molecular complexity index is 1080. The van der Waals surface area contributed by atoms with Crippen LogP contribution in [-0.2, 0) is 20.4 Å². The first-order valence-electron chi connectivity index (χ1n) is 12.1. The zero-order valence-corrected chi connectivity index (χ0v) is 22.0. The van der Waals surface area contributed by atoms with Crippen molar-refractivity contribution in [2.24, 2.45) is 0 Å². The Morgan fingerprint density at radius 3 is 1.22 bits per heavy atom. The van der Waals surface area contributed by atoms with Crippen molar-refractivity contribution >= 4 is 23.2 Å². The van der Waals surface area contributed by atoms with Gasteiger partial charge in [0.2, 0.25) is 0 Å². The Morgan fingerprint density at radius 1 is 0.583 bits per heavy atom. The number of anilines is 2. The molecule has 0 unspecified atom stereocenters. The van der Waals surface area contributed by atoms with E-state index >= 15 is 0 Å². The molecule has 0 radical (unpaired) electrons. The Hall–Kier alpha value is -3.80. The molecule has 0 atom stereocenters. The van der Waals surface area contributed by atoms with E-state index in [1.165, 1.54) is 11.1 Å². The molecule has 36 heavy (non-hydrogen) atoms. The first kappa shape index (κ1) is 26.8. The number of carbonyl (C=O) groups is 2. The van der Waals surface area contributed by atoms with Crippen molar-refractivity contribution in [1.29, 1.82) is 0 Å². The Morgan fingerprint density at radius 2 is 0.917 bits per heavy atom. The van der Waals surface area contributed by atoms with Crippen LogP contribution in [0.25, 0.3) is 0 Å². The molecule has 0 bridgehead atoms. The number of carbonyl (C=O) groups excluding carboxylic acids is 2. The average molecular weight is 489 g/mol. The molecule has 3 aromatic rings. The standard InChI is InChI=1S/C30H36N2O4/c1-29(2,3)21-11-15-23(16-12-21)35-19-27(33)31-25-9-7-8-10-26(25)32-28(34)20-36-24-17-13-22(14-18-24)30(4,5)6/h7-18H,19-20H2,1-6H3,(H,31,33)(H,32,34). The second kappa shape index (κ2) is 11.3. The van der Waals surface area contributed by atoms with Gasteiger partial charge in [-0.15, -0.1) is 0 Å². The second-order valence-electron chi connectivity index (χ2n) is 10.8. The normalized spacial score (nSPS) is 11.5. The molecule has 0 fully saturated rings. The molecule has 0 heterocycles. The Kier molecular flexibility index (Phi) is 8.41. The summed E-state index contributed by atoms with van der Waals surface area (Å²) < 4.78 is 11.3. The van der Waals surface area contributed by atoms with Crippen LogP contribution in [-0.4, -0.2) is 25.0 Å². The molecule has 0 aromatic heterocycles. The van der Waals surface area contributed by atoms with Crippen molar-refractivity contribution < 1.29 is 19.1 Å². The predicted molar refractivity (Wildman–Crippen MR) is 145 cm³/mol. The fourth-order valence-corrected chi connectivity index (χ4v) is 3.47. The van der Waals surface area contributed by atoms with E-state index in [4.69, 9.17) is 9.47 Å². The molecular weight excluding hydrogens is 452 g/mol. The van der Waals surface area contributed by atoms with Crippen molar-refractivity contribution in [2.75, 3.05) is 23.8 Å². The van der Waals surface area contributed by atoms with Crippen LogP contribution in [0.5, 0.6) is 11.5 Å². The topological polar surface area (TPSA) is 76.7 Å². The van der Waals surface area contributed by atoms with Gasteiger partial charge in [0.05, 0.1) is 11.4 Å². The number of benzene rings is 3. The average Bonchev–Trinajstić information content (AvgIpc) is 2.82. The van der Waals surface area contributed by atoms with Gasteiger partial charge in [-0.1, -0.05) is 77.9 Å². The molecule has 2 amide bonds. The lowest BCUT2D eigenvalue weighted by atomic mass is 9.87. The highest BCUT2D eigenvalue weighted by Crippen LogP contribution is 2.26. The minimum atomic E-state index is -0.327. The lowest BCUT2D eigenvalue weighted by molar-refractivity contribution is -0.119. The highest BCUT2D eigenvalue weighted by molar-refractivity contribution is 6.00. The molecule has 2 N–H and O–H groups in total. The van der Waals surface area contributed by atoms with Gasteiger partial charge >= 0.3 is 0 Å². The Labute approximate surface area is 214 Å². The minimum absolute atomic E-state index is 0.0476. The van der Waals surface area contributed by atoms with E-state index in [-0.39, 0.29) is 35.9 Å². The molecule has 0 spiro atoms. The van der Waals surface area contributed by atoms with Crippen LogP contribution in [0.3, 0.4) is 0 Å². The summed E-state index contributed by atoms with van der Waals surface area (Å²) >= 11 is 0. The first-order valence-corrected chi connectivity index (χ1v) is 12.1. The fourth-order valence-electron chi connectivity index (χ4n) is 3.47. The van der Waals surface area contributed by atoms with Crippen molar-refractivity contribution in [2.45, 2.75) is 52.4 Å². The quantitative estimate of drug-likeness (QED) is 0.389. The summed E-state index contributed by atoms with van der Waals surface area (Å²) in [6.07, 6.45) is 0. The highest BCUT2D eigenvalue weighted by Gasteiger charge is 2.15. The van der Waals surface area contributed by atoms with Crippen molar-refractivity contribution in [1.82, 2.24) is 0 Å². The maximum Gasteiger partial charge on any atom is 0.262 e. The van der Waals surface area contributed by atoms with E-state index in [1.807, 2.05) is 48.5 Å². The maximum absolute atomic E-state index is 12.5. The monoisotopic (exact) mass is 488 g/mol. The molecular formula is C30H36N2O4. The number of ether oxygens (including phenoxy) is 2. The minimum Gasteiger partial charge on any atom is -0.484 e. The van der Waals surface area contributed by atoms with Crippen molar-refractivity contribution in [3.63, 3.8) is 0 Å². The van der Waals surface area contributed by atoms with Gasteiger partial charge in [-0.25, -0.2) is 0 Å². The van der Waals surface area contributed by atoms with Gasteiger partial charge in [0.25, 0.3) is 11.8 Å². The van der Waals surface area contributed by atoms with E-state index in [9.17, 15) is 9.59 Å². The summed E-state index contributed by atoms with van der Waals surface area (Å²) in [5.41, 5.74) is 3.44. The molecule has 0 aliphatic carbocycles. The molecule has 0 saturated carbocycles. The molecule has 0 saturated heterocycles. The summed E-state index contributed by atoms with van der Waals surface area (Å²) in [5, 5.41) is 5.59. The lowest BCUT2D eigenvalue weighted by Gasteiger charge is -2.19. The zero-order chi connectivity index (χ0) is 26.3. The molecule has 6 heteroatoms. The van der Waals surface area contributed by atoms with Gasteiger partial charge in [0, 0.05) is 0 Å². The van der Waals surface area contributed by atoms with Crippen LogP contribution < -0.4 is 20.1 Å². The molecule has 190 valence electrons. The highest BCUT2D eigenvalue weighted by atomic mass is 16.5. The summed E-state index contributed by atoms with van der Waals surface area (Å²) in [7, 11) is 0. The number of nitrogens with one attached hydrogen (secondary N) is 2. The number of hydrogen-bond donors (Lipinski definition) is 2. The van der Waals surface area contributed by atoms with E-state index in [0.29, 0.717) is 22.9 Å². The summed E-state index contributed by atoms with van der Waals surface area (Å²) in [4.78, 5) is 25.0.